The predicted octanol–water partition coefficient (Wildman–Crippen LogP) is 1.30. The summed E-state index contributed by atoms with van der Waals surface area (Å²) in [5, 5.41) is 11.8. The maximum Gasteiger partial charge on any atom is 0.253 e. The van der Waals surface area contributed by atoms with Crippen molar-refractivity contribution in [3.8, 4) is 0 Å². The van der Waals surface area contributed by atoms with E-state index in [1.165, 1.54) is 4.90 Å². The number of carbonyl (C=O) groups excluding carboxylic acids is 2. The van der Waals surface area contributed by atoms with Gasteiger partial charge in [0.05, 0.1) is 17.2 Å². The molecule has 0 radical (unpaired) electrons. The van der Waals surface area contributed by atoms with Crippen molar-refractivity contribution in [2.75, 3.05) is 19.7 Å². The monoisotopic (exact) mass is 298 g/mol. The number of likely N-dealkylation sites (N-methyl/N-ethyl adjacent to an activating group) is 1. The molecule has 0 aliphatic carbocycles. The molecule has 0 saturated heterocycles. The molecule has 5 nitrogen and oxygen atoms in total. The average molecular weight is 299 g/mol. The Morgan fingerprint density at radius 3 is 2.60 bits per heavy atom. The highest BCUT2D eigenvalue weighted by Gasteiger charge is 2.21. The number of amides is 2. The maximum atomic E-state index is 12.1. The Labute approximate surface area is 123 Å². The topological polar surface area (TPSA) is 69.6 Å². The zero-order valence-electron chi connectivity index (χ0n) is 11.6. The van der Waals surface area contributed by atoms with Crippen LogP contribution in [0.3, 0.4) is 0 Å². The van der Waals surface area contributed by atoms with Gasteiger partial charge in [0, 0.05) is 13.1 Å². The lowest BCUT2D eigenvalue weighted by molar-refractivity contribution is -0.133. The predicted molar refractivity (Wildman–Crippen MR) is 77.7 cm³/mol. The zero-order chi connectivity index (χ0) is 15.1. The molecule has 0 saturated carbocycles. The van der Waals surface area contributed by atoms with Crippen LogP contribution in [-0.2, 0) is 4.79 Å². The molecule has 6 heteroatoms. The number of rotatable bonds is 6. The number of hydrogen-bond acceptors (Lipinski definition) is 3. The summed E-state index contributed by atoms with van der Waals surface area (Å²) in [7, 11) is 0. The van der Waals surface area contributed by atoms with Gasteiger partial charge in [-0.05, 0) is 26.0 Å². The van der Waals surface area contributed by atoms with Crippen LogP contribution in [0.5, 0.6) is 0 Å². The van der Waals surface area contributed by atoms with Crippen molar-refractivity contribution in [2.45, 2.75) is 19.9 Å². The standard InChI is InChI=1S/C14H19ClN2O3/c1-3-17(8-9-18)14(20)10(2)16-13(19)11-6-4-5-7-12(11)15/h4-7,10,18H,3,8-9H2,1-2H3,(H,16,19). The van der Waals surface area contributed by atoms with Crippen LogP contribution in [0.25, 0.3) is 0 Å². The third-order valence-electron chi connectivity index (χ3n) is 2.90. The maximum absolute atomic E-state index is 12.1. The van der Waals surface area contributed by atoms with Gasteiger partial charge in [-0.1, -0.05) is 23.7 Å². The molecule has 0 spiro atoms. The third kappa shape index (κ3) is 4.21. The van der Waals surface area contributed by atoms with Crippen molar-refractivity contribution in [1.82, 2.24) is 10.2 Å². The lowest BCUT2D eigenvalue weighted by Crippen LogP contribution is -2.47. The summed E-state index contributed by atoms with van der Waals surface area (Å²) in [5.74, 6) is -0.626. The number of nitrogens with one attached hydrogen (secondary N) is 1. The third-order valence-corrected chi connectivity index (χ3v) is 3.23. The van der Waals surface area contributed by atoms with Crippen LogP contribution in [0.1, 0.15) is 24.2 Å². The van der Waals surface area contributed by atoms with E-state index in [-0.39, 0.29) is 19.1 Å². The van der Waals surface area contributed by atoms with Crippen molar-refractivity contribution in [1.29, 1.82) is 0 Å². The van der Waals surface area contributed by atoms with E-state index in [4.69, 9.17) is 16.7 Å². The fraction of sp³-hybridized carbons (Fsp3) is 0.429. The Hall–Kier alpha value is -1.59. The molecule has 0 aliphatic heterocycles. The molecular formula is C14H19ClN2O3. The number of aliphatic hydroxyl groups is 1. The molecule has 1 rings (SSSR count). The number of benzene rings is 1. The highest BCUT2D eigenvalue weighted by atomic mass is 35.5. The summed E-state index contributed by atoms with van der Waals surface area (Å²) in [6.45, 7) is 4.05. The number of aliphatic hydroxyl groups excluding tert-OH is 1. The second kappa shape index (κ2) is 7.87. The first-order valence-corrected chi connectivity index (χ1v) is 6.84. The van der Waals surface area contributed by atoms with Crippen molar-refractivity contribution in [3.63, 3.8) is 0 Å². The van der Waals surface area contributed by atoms with Gasteiger partial charge in [0.1, 0.15) is 6.04 Å². The number of nitrogens with zero attached hydrogens (tertiary/aromatic N) is 1. The van der Waals surface area contributed by atoms with E-state index in [9.17, 15) is 9.59 Å². The fourth-order valence-corrected chi connectivity index (χ4v) is 2.02. The molecule has 0 aliphatic rings. The van der Waals surface area contributed by atoms with E-state index in [0.717, 1.165) is 0 Å². The van der Waals surface area contributed by atoms with E-state index < -0.39 is 11.9 Å². The van der Waals surface area contributed by atoms with Crippen LogP contribution in [0.4, 0.5) is 0 Å². The Morgan fingerprint density at radius 2 is 2.05 bits per heavy atom. The smallest absolute Gasteiger partial charge is 0.253 e. The quantitative estimate of drug-likeness (QED) is 0.832. The molecular weight excluding hydrogens is 280 g/mol. The molecule has 0 fully saturated rings. The number of halogens is 1. The molecule has 1 aromatic carbocycles. The van der Waals surface area contributed by atoms with Gasteiger partial charge in [-0.2, -0.15) is 0 Å². The first-order valence-electron chi connectivity index (χ1n) is 6.46. The molecule has 110 valence electrons. The van der Waals surface area contributed by atoms with Crippen LogP contribution in [0.2, 0.25) is 5.02 Å². The molecule has 2 N–H and O–H groups in total. The van der Waals surface area contributed by atoms with E-state index in [1.54, 1.807) is 31.2 Å². The molecule has 1 unspecified atom stereocenters. The normalized spacial score (nSPS) is 11.8. The second-order valence-electron chi connectivity index (χ2n) is 4.32. The Morgan fingerprint density at radius 1 is 1.40 bits per heavy atom. The van der Waals surface area contributed by atoms with Gasteiger partial charge in [-0.3, -0.25) is 9.59 Å². The summed E-state index contributed by atoms with van der Waals surface area (Å²) in [6, 6.07) is 5.98. The van der Waals surface area contributed by atoms with Gasteiger partial charge >= 0.3 is 0 Å². The van der Waals surface area contributed by atoms with Gasteiger partial charge in [-0.15, -0.1) is 0 Å². The summed E-state index contributed by atoms with van der Waals surface area (Å²) in [4.78, 5) is 25.6. The summed E-state index contributed by atoms with van der Waals surface area (Å²) in [5.41, 5.74) is 0.332. The van der Waals surface area contributed by atoms with Crippen molar-refractivity contribution >= 4 is 23.4 Å². The minimum absolute atomic E-state index is 0.106. The Balaban J connectivity index is 2.70. The second-order valence-corrected chi connectivity index (χ2v) is 4.72. The van der Waals surface area contributed by atoms with Crippen LogP contribution in [0.15, 0.2) is 24.3 Å². The Kier molecular flexibility index (Phi) is 6.48. The molecule has 0 aromatic heterocycles. The van der Waals surface area contributed by atoms with E-state index in [0.29, 0.717) is 17.1 Å². The average Bonchev–Trinajstić information content (AvgIpc) is 2.44. The van der Waals surface area contributed by atoms with Gasteiger partial charge in [0.2, 0.25) is 5.91 Å². The summed E-state index contributed by atoms with van der Waals surface area (Å²) in [6.07, 6.45) is 0. The lowest BCUT2D eigenvalue weighted by atomic mass is 10.2. The van der Waals surface area contributed by atoms with Gasteiger partial charge < -0.3 is 15.3 Å². The van der Waals surface area contributed by atoms with Crippen molar-refractivity contribution in [2.24, 2.45) is 0 Å². The number of hydrogen-bond donors (Lipinski definition) is 2. The minimum atomic E-state index is -0.676. The fourth-order valence-electron chi connectivity index (χ4n) is 1.80. The van der Waals surface area contributed by atoms with Gasteiger partial charge in [0.25, 0.3) is 5.91 Å². The zero-order valence-corrected chi connectivity index (χ0v) is 12.4. The summed E-state index contributed by atoms with van der Waals surface area (Å²) < 4.78 is 0. The van der Waals surface area contributed by atoms with Crippen LogP contribution in [-0.4, -0.2) is 47.6 Å². The first-order chi connectivity index (χ1) is 9.51. The molecule has 1 atom stereocenters. The number of carbonyl (C=O) groups is 2. The highest BCUT2D eigenvalue weighted by Crippen LogP contribution is 2.14. The molecule has 0 heterocycles. The largest absolute Gasteiger partial charge is 0.395 e. The summed E-state index contributed by atoms with van der Waals surface area (Å²) >= 11 is 5.93. The van der Waals surface area contributed by atoms with Crippen molar-refractivity contribution in [3.05, 3.63) is 34.9 Å². The van der Waals surface area contributed by atoms with Crippen LogP contribution in [0, 0.1) is 0 Å². The molecule has 1 aromatic rings. The van der Waals surface area contributed by atoms with E-state index in [2.05, 4.69) is 5.32 Å². The highest BCUT2D eigenvalue weighted by molar-refractivity contribution is 6.33. The SMILES string of the molecule is CCN(CCO)C(=O)C(C)NC(=O)c1ccccc1Cl. The van der Waals surface area contributed by atoms with Crippen molar-refractivity contribution < 1.29 is 14.7 Å². The van der Waals surface area contributed by atoms with E-state index >= 15 is 0 Å². The minimum Gasteiger partial charge on any atom is -0.395 e. The Bertz CT molecular complexity index is 479. The van der Waals surface area contributed by atoms with Gasteiger partial charge in [-0.25, -0.2) is 0 Å². The molecule has 2 amide bonds. The van der Waals surface area contributed by atoms with E-state index in [1.807, 2.05) is 6.92 Å². The van der Waals surface area contributed by atoms with Gasteiger partial charge in [0.15, 0.2) is 0 Å². The lowest BCUT2D eigenvalue weighted by Gasteiger charge is -2.24. The molecule has 20 heavy (non-hydrogen) atoms. The first kappa shape index (κ1) is 16.5. The van der Waals surface area contributed by atoms with Crippen LogP contribution >= 0.6 is 11.6 Å². The molecule has 0 bridgehead atoms. The van der Waals surface area contributed by atoms with Crippen LogP contribution < -0.4 is 5.32 Å².